The molecule has 0 aliphatic carbocycles. The minimum absolute atomic E-state index is 0.0593. The maximum Gasteiger partial charge on any atom is 0.309 e. The molecule has 0 unspecified atom stereocenters. The maximum atomic E-state index is 13.5. The number of hydrogen-bond donors (Lipinski definition) is 0. The van der Waals surface area contributed by atoms with Gasteiger partial charge in [-0.2, -0.15) is 5.10 Å². The smallest absolute Gasteiger partial charge is 0.309 e. The van der Waals surface area contributed by atoms with Crippen LogP contribution in [0.3, 0.4) is 0 Å². The second kappa shape index (κ2) is 11.4. The van der Waals surface area contributed by atoms with Crippen LogP contribution in [0.25, 0.3) is 0 Å². The Morgan fingerprint density at radius 2 is 1.77 bits per heavy atom. The minimum atomic E-state index is -0.192. The number of nitrogens with zero attached hydrogens (tertiary/aromatic N) is 3. The molecule has 2 aliphatic heterocycles. The third-order valence-corrected chi connectivity index (χ3v) is 6.64. The van der Waals surface area contributed by atoms with Crippen LogP contribution in [0, 0.1) is 5.92 Å². The molecule has 2 aromatic rings. The predicted molar refractivity (Wildman–Crippen MR) is 133 cm³/mol. The summed E-state index contributed by atoms with van der Waals surface area (Å²) in [6.45, 7) is 3.84. The Labute approximate surface area is 206 Å². The third-order valence-electron chi connectivity index (χ3n) is 6.64. The van der Waals surface area contributed by atoms with E-state index < -0.39 is 0 Å². The number of piperidine rings is 1. The number of carbonyl (C=O) groups excluding carboxylic acids is 2. The average molecular weight is 480 g/mol. The molecule has 1 fully saturated rings. The molecule has 35 heavy (non-hydrogen) atoms. The standard InChI is InChI=1S/C27H33N3O5/c1-4-35-27(32)20-12-14-29(15-13-20)18-26(31)30-24(19-8-6-5-7-9-19)17-23(28-30)22-11-10-21(33-2)16-25(22)34-3/h5-11,16,20,24H,4,12-15,17-18H2,1-3H3/t24-/m0/s1. The van der Waals surface area contributed by atoms with Crippen molar-refractivity contribution in [3.05, 3.63) is 59.7 Å². The van der Waals surface area contributed by atoms with E-state index in [4.69, 9.17) is 19.3 Å². The number of ether oxygens (including phenoxy) is 3. The maximum absolute atomic E-state index is 13.5. The average Bonchev–Trinajstić information content (AvgIpc) is 3.35. The van der Waals surface area contributed by atoms with E-state index in [0.29, 0.717) is 50.5 Å². The summed E-state index contributed by atoms with van der Waals surface area (Å²) in [6.07, 6.45) is 1.99. The second-order valence-electron chi connectivity index (χ2n) is 8.78. The van der Waals surface area contributed by atoms with E-state index in [2.05, 4.69) is 4.90 Å². The van der Waals surface area contributed by atoms with Crippen molar-refractivity contribution < 1.29 is 23.8 Å². The Kier molecular flexibility index (Phi) is 8.02. The van der Waals surface area contributed by atoms with Gasteiger partial charge in [0.2, 0.25) is 0 Å². The Balaban J connectivity index is 1.52. The van der Waals surface area contributed by atoms with Crippen LogP contribution >= 0.6 is 0 Å². The van der Waals surface area contributed by atoms with E-state index in [1.54, 1.807) is 19.2 Å². The van der Waals surface area contributed by atoms with Crippen molar-refractivity contribution in [2.45, 2.75) is 32.2 Å². The zero-order chi connectivity index (χ0) is 24.8. The molecular formula is C27H33N3O5. The van der Waals surface area contributed by atoms with E-state index in [-0.39, 0.29) is 30.4 Å². The molecule has 1 saturated heterocycles. The monoisotopic (exact) mass is 479 g/mol. The molecule has 186 valence electrons. The lowest BCUT2D eigenvalue weighted by atomic mass is 9.96. The Hall–Kier alpha value is -3.39. The van der Waals surface area contributed by atoms with E-state index in [1.165, 1.54) is 0 Å². The van der Waals surface area contributed by atoms with E-state index in [1.807, 2.05) is 55.5 Å². The van der Waals surface area contributed by atoms with Gasteiger partial charge in [0.25, 0.3) is 5.91 Å². The molecule has 0 radical (unpaired) electrons. The Morgan fingerprint density at radius 3 is 2.43 bits per heavy atom. The highest BCUT2D eigenvalue weighted by Crippen LogP contribution is 2.36. The largest absolute Gasteiger partial charge is 0.497 e. The zero-order valence-electron chi connectivity index (χ0n) is 20.6. The lowest BCUT2D eigenvalue weighted by Gasteiger charge is -2.31. The van der Waals surface area contributed by atoms with Crippen LogP contribution in [-0.2, 0) is 14.3 Å². The normalized spacial score (nSPS) is 18.8. The van der Waals surface area contributed by atoms with E-state index in [9.17, 15) is 9.59 Å². The molecule has 4 rings (SSSR count). The van der Waals surface area contributed by atoms with Gasteiger partial charge in [0.1, 0.15) is 11.5 Å². The van der Waals surface area contributed by atoms with Gasteiger partial charge in [0.15, 0.2) is 0 Å². The lowest BCUT2D eigenvalue weighted by Crippen LogP contribution is -2.43. The van der Waals surface area contributed by atoms with Gasteiger partial charge in [0, 0.05) is 18.1 Å². The fourth-order valence-electron chi connectivity index (χ4n) is 4.73. The van der Waals surface area contributed by atoms with Gasteiger partial charge in [-0.15, -0.1) is 0 Å². The molecule has 0 bridgehead atoms. The number of rotatable bonds is 8. The molecule has 0 spiro atoms. The van der Waals surface area contributed by atoms with Crippen LogP contribution < -0.4 is 9.47 Å². The number of likely N-dealkylation sites (tertiary alicyclic amines) is 1. The second-order valence-corrected chi connectivity index (χ2v) is 8.78. The predicted octanol–water partition coefficient (Wildman–Crippen LogP) is 3.66. The molecular weight excluding hydrogens is 446 g/mol. The first-order chi connectivity index (χ1) is 17.0. The lowest BCUT2D eigenvalue weighted by molar-refractivity contribution is -0.149. The minimum Gasteiger partial charge on any atom is -0.497 e. The van der Waals surface area contributed by atoms with Gasteiger partial charge in [0.05, 0.1) is 45.0 Å². The number of esters is 1. The van der Waals surface area contributed by atoms with Gasteiger partial charge >= 0.3 is 5.97 Å². The van der Waals surface area contributed by atoms with Gasteiger partial charge in [-0.1, -0.05) is 30.3 Å². The number of methoxy groups -OCH3 is 2. The van der Waals surface area contributed by atoms with Gasteiger partial charge in [-0.3, -0.25) is 14.5 Å². The summed E-state index contributed by atoms with van der Waals surface area (Å²) in [5.41, 5.74) is 2.68. The number of benzene rings is 2. The first-order valence-corrected chi connectivity index (χ1v) is 12.1. The summed E-state index contributed by atoms with van der Waals surface area (Å²) in [4.78, 5) is 27.6. The summed E-state index contributed by atoms with van der Waals surface area (Å²) in [7, 11) is 3.23. The van der Waals surface area contributed by atoms with Crippen LogP contribution in [0.1, 0.15) is 43.4 Å². The van der Waals surface area contributed by atoms with Gasteiger partial charge in [-0.25, -0.2) is 5.01 Å². The highest BCUT2D eigenvalue weighted by atomic mass is 16.5. The van der Waals surface area contributed by atoms with E-state index >= 15 is 0 Å². The van der Waals surface area contributed by atoms with Gasteiger partial charge in [-0.05, 0) is 50.6 Å². The first kappa shape index (κ1) is 24.7. The molecule has 1 atom stereocenters. The van der Waals surface area contributed by atoms with Crippen LogP contribution in [0.2, 0.25) is 0 Å². The van der Waals surface area contributed by atoms with Gasteiger partial charge < -0.3 is 14.2 Å². The molecule has 2 aromatic carbocycles. The summed E-state index contributed by atoms with van der Waals surface area (Å²) >= 11 is 0. The van der Waals surface area contributed by atoms with Crippen molar-refractivity contribution in [1.82, 2.24) is 9.91 Å². The van der Waals surface area contributed by atoms with E-state index in [0.717, 1.165) is 16.8 Å². The molecule has 0 saturated carbocycles. The fourth-order valence-corrected chi connectivity index (χ4v) is 4.73. The Morgan fingerprint density at radius 1 is 1.03 bits per heavy atom. The molecule has 0 aromatic heterocycles. The molecule has 0 N–H and O–H groups in total. The molecule has 2 aliphatic rings. The van der Waals surface area contributed by atoms with Crippen molar-refractivity contribution in [2.75, 3.05) is 40.5 Å². The molecule has 8 nitrogen and oxygen atoms in total. The van der Waals surface area contributed by atoms with Crippen molar-refractivity contribution in [1.29, 1.82) is 0 Å². The highest BCUT2D eigenvalue weighted by molar-refractivity contribution is 6.05. The Bertz CT molecular complexity index is 1060. The molecule has 8 heteroatoms. The first-order valence-electron chi connectivity index (χ1n) is 12.1. The summed E-state index contributed by atoms with van der Waals surface area (Å²) in [5, 5.41) is 6.41. The van der Waals surface area contributed by atoms with Crippen LogP contribution in [0.4, 0.5) is 0 Å². The number of hydrazone groups is 1. The topological polar surface area (TPSA) is 80.7 Å². The van der Waals surface area contributed by atoms with Crippen molar-refractivity contribution >= 4 is 17.6 Å². The summed E-state index contributed by atoms with van der Waals surface area (Å²) in [5.74, 6) is 1.08. The van der Waals surface area contributed by atoms with Crippen molar-refractivity contribution in [3.63, 3.8) is 0 Å². The third kappa shape index (κ3) is 5.65. The molecule has 1 amide bonds. The summed E-state index contributed by atoms with van der Waals surface area (Å²) < 4.78 is 16.1. The quantitative estimate of drug-likeness (QED) is 0.538. The fraction of sp³-hybridized carbons (Fsp3) is 0.444. The van der Waals surface area contributed by atoms with Crippen molar-refractivity contribution in [2.24, 2.45) is 11.0 Å². The zero-order valence-corrected chi connectivity index (χ0v) is 20.6. The van der Waals surface area contributed by atoms with Crippen molar-refractivity contribution in [3.8, 4) is 11.5 Å². The highest BCUT2D eigenvalue weighted by Gasteiger charge is 2.35. The van der Waals surface area contributed by atoms with Crippen LogP contribution in [0.5, 0.6) is 11.5 Å². The summed E-state index contributed by atoms with van der Waals surface area (Å²) in [6, 6.07) is 15.4. The molecule has 2 heterocycles. The van der Waals surface area contributed by atoms with Crippen LogP contribution in [-0.4, -0.2) is 68.0 Å². The number of carbonyl (C=O) groups is 2. The number of amides is 1. The SMILES string of the molecule is CCOC(=O)C1CCN(CC(=O)N2N=C(c3ccc(OC)cc3OC)C[C@H]2c2ccccc2)CC1. The number of hydrogen-bond acceptors (Lipinski definition) is 7. The van der Waals surface area contributed by atoms with Crippen LogP contribution in [0.15, 0.2) is 53.6 Å².